The van der Waals surface area contributed by atoms with Crippen molar-refractivity contribution in [2.24, 2.45) is 0 Å². The first-order valence-electron chi connectivity index (χ1n) is 7.65. The molecule has 23 heavy (non-hydrogen) atoms. The average molecular weight is 319 g/mol. The quantitative estimate of drug-likeness (QED) is 0.742. The van der Waals surface area contributed by atoms with E-state index in [0.717, 1.165) is 12.8 Å². The van der Waals surface area contributed by atoms with Gasteiger partial charge in [0.2, 0.25) is 5.91 Å². The third-order valence-corrected chi connectivity index (χ3v) is 3.98. The van der Waals surface area contributed by atoms with E-state index in [4.69, 9.17) is 9.84 Å². The molecule has 1 N–H and O–H groups in total. The van der Waals surface area contributed by atoms with Gasteiger partial charge in [0.1, 0.15) is 11.8 Å². The van der Waals surface area contributed by atoms with Gasteiger partial charge in [0.15, 0.2) is 5.78 Å². The smallest absolute Gasteiger partial charge is 0.326 e. The van der Waals surface area contributed by atoms with E-state index in [1.54, 1.807) is 31.4 Å². The fourth-order valence-electron chi connectivity index (χ4n) is 2.48. The van der Waals surface area contributed by atoms with Gasteiger partial charge in [-0.2, -0.15) is 0 Å². The number of carboxylic acid groups (broad SMARTS) is 1. The van der Waals surface area contributed by atoms with Crippen LogP contribution in [0.4, 0.5) is 0 Å². The minimum atomic E-state index is -1.02. The number of nitrogens with zero attached hydrogens (tertiary/aromatic N) is 1. The maximum atomic E-state index is 12.3. The molecule has 2 rings (SSSR count). The van der Waals surface area contributed by atoms with Gasteiger partial charge in [-0.1, -0.05) is 0 Å². The molecule has 124 valence electrons. The summed E-state index contributed by atoms with van der Waals surface area (Å²) in [4.78, 5) is 37.0. The van der Waals surface area contributed by atoms with Crippen molar-refractivity contribution in [1.82, 2.24) is 4.90 Å². The Morgan fingerprint density at radius 2 is 1.83 bits per heavy atom. The van der Waals surface area contributed by atoms with Gasteiger partial charge in [0.05, 0.1) is 7.11 Å². The number of rotatable bonds is 8. The van der Waals surface area contributed by atoms with Gasteiger partial charge in [0.25, 0.3) is 0 Å². The third kappa shape index (κ3) is 4.31. The molecular weight excluding hydrogens is 298 g/mol. The fraction of sp³-hybridized carbons (Fsp3) is 0.471. The highest BCUT2D eigenvalue weighted by atomic mass is 16.5. The van der Waals surface area contributed by atoms with Crippen LogP contribution in [0.2, 0.25) is 0 Å². The monoisotopic (exact) mass is 319 g/mol. The molecule has 0 heterocycles. The van der Waals surface area contributed by atoms with Crippen LogP contribution in [-0.2, 0) is 9.59 Å². The zero-order chi connectivity index (χ0) is 17.0. The summed E-state index contributed by atoms with van der Waals surface area (Å²) in [5.74, 6) is -0.775. The van der Waals surface area contributed by atoms with Gasteiger partial charge in [0, 0.05) is 24.4 Å². The van der Waals surface area contributed by atoms with Crippen molar-refractivity contribution < 1.29 is 24.2 Å². The molecule has 1 atom stereocenters. The maximum Gasteiger partial charge on any atom is 0.326 e. The van der Waals surface area contributed by atoms with Crippen LogP contribution in [-0.4, -0.2) is 46.9 Å². The molecule has 0 radical (unpaired) electrons. The van der Waals surface area contributed by atoms with Crippen molar-refractivity contribution in [3.05, 3.63) is 29.8 Å². The van der Waals surface area contributed by atoms with Crippen LogP contribution in [0.3, 0.4) is 0 Å². The number of amides is 1. The molecule has 6 nitrogen and oxygen atoms in total. The number of carbonyl (C=O) groups excluding carboxylic acids is 2. The molecule has 6 heteroatoms. The van der Waals surface area contributed by atoms with Crippen LogP contribution < -0.4 is 4.74 Å². The van der Waals surface area contributed by atoms with E-state index >= 15 is 0 Å². The molecular formula is C17H21NO5. The second kappa shape index (κ2) is 7.26. The van der Waals surface area contributed by atoms with E-state index in [1.165, 1.54) is 11.8 Å². The molecule has 1 unspecified atom stereocenters. The summed E-state index contributed by atoms with van der Waals surface area (Å²) in [6, 6.07) is 5.85. The molecule has 1 aromatic rings. The number of carbonyl (C=O) groups is 3. The lowest BCUT2D eigenvalue weighted by Crippen LogP contribution is -2.44. The first-order valence-corrected chi connectivity index (χ1v) is 7.65. The van der Waals surface area contributed by atoms with Crippen molar-refractivity contribution >= 4 is 17.7 Å². The lowest BCUT2D eigenvalue weighted by atomic mass is 10.1. The van der Waals surface area contributed by atoms with Crippen LogP contribution in [0, 0.1) is 0 Å². The number of benzene rings is 1. The average Bonchev–Trinajstić information content (AvgIpc) is 3.37. The highest BCUT2D eigenvalue weighted by molar-refractivity contribution is 5.98. The number of methoxy groups -OCH3 is 1. The van der Waals surface area contributed by atoms with Gasteiger partial charge < -0.3 is 14.7 Å². The normalized spacial score (nSPS) is 14.9. The number of hydrogen-bond donors (Lipinski definition) is 1. The number of carboxylic acids is 1. The standard InChI is InChI=1S/C17H21NO5/c1-11(17(21)22)18(13-5-6-13)16(20)10-9-15(19)12-3-7-14(23-2)8-4-12/h3-4,7-8,11,13H,5-6,9-10H2,1-2H3,(H,21,22). The van der Waals surface area contributed by atoms with Gasteiger partial charge in [-0.25, -0.2) is 4.79 Å². The Hall–Kier alpha value is -2.37. The molecule has 1 saturated carbocycles. The molecule has 0 aliphatic heterocycles. The molecule has 1 amide bonds. The molecule has 0 spiro atoms. The predicted molar refractivity (Wildman–Crippen MR) is 83.5 cm³/mol. The Labute approximate surface area is 135 Å². The first kappa shape index (κ1) is 17.0. The van der Waals surface area contributed by atoms with E-state index in [-0.39, 0.29) is 30.6 Å². The van der Waals surface area contributed by atoms with Crippen molar-refractivity contribution in [2.75, 3.05) is 7.11 Å². The molecule has 1 aliphatic carbocycles. The summed E-state index contributed by atoms with van der Waals surface area (Å²) < 4.78 is 5.03. The zero-order valence-electron chi connectivity index (χ0n) is 13.3. The van der Waals surface area contributed by atoms with Gasteiger partial charge in [-0.05, 0) is 44.0 Å². The summed E-state index contributed by atoms with van der Waals surface area (Å²) in [5.41, 5.74) is 0.517. The summed E-state index contributed by atoms with van der Waals surface area (Å²) in [6.07, 6.45) is 1.76. The van der Waals surface area contributed by atoms with Crippen LogP contribution in [0.5, 0.6) is 5.75 Å². The minimum Gasteiger partial charge on any atom is -0.497 e. The highest BCUT2D eigenvalue weighted by Crippen LogP contribution is 2.29. The molecule has 0 bridgehead atoms. The van der Waals surface area contributed by atoms with Crippen LogP contribution in [0.25, 0.3) is 0 Å². The summed E-state index contributed by atoms with van der Waals surface area (Å²) >= 11 is 0. The molecule has 1 aromatic carbocycles. The lowest BCUT2D eigenvalue weighted by Gasteiger charge is -2.26. The second-order valence-electron chi connectivity index (χ2n) is 5.70. The number of ketones is 1. The minimum absolute atomic E-state index is 0.00434. The zero-order valence-corrected chi connectivity index (χ0v) is 13.3. The van der Waals surface area contributed by atoms with E-state index < -0.39 is 12.0 Å². The predicted octanol–water partition coefficient (Wildman–Crippen LogP) is 2.12. The van der Waals surface area contributed by atoms with Gasteiger partial charge in [-0.3, -0.25) is 9.59 Å². The van der Waals surface area contributed by atoms with E-state index in [2.05, 4.69) is 0 Å². The molecule has 1 fully saturated rings. The van der Waals surface area contributed by atoms with Crippen LogP contribution in [0.15, 0.2) is 24.3 Å². The molecule has 0 aromatic heterocycles. The molecule has 1 aliphatic rings. The first-order chi connectivity index (χ1) is 10.9. The van der Waals surface area contributed by atoms with Crippen molar-refractivity contribution in [3.63, 3.8) is 0 Å². The van der Waals surface area contributed by atoms with E-state index in [9.17, 15) is 14.4 Å². The maximum absolute atomic E-state index is 12.3. The SMILES string of the molecule is COc1ccc(C(=O)CCC(=O)N(C2CC2)C(C)C(=O)O)cc1. The molecule has 0 saturated heterocycles. The van der Waals surface area contributed by atoms with Gasteiger partial charge in [-0.15, -0.1) is 0 Å². The van der Waals surface area contributed by atoms with Crippen LogP contribution >= 0.6 is 0 Å². The Morgan fingerprint density at radius 3 is 2.30 bits per heavy atom. The fourth-order valence-corrected chi connectivity index (χ4v) is 2.48. The second-order valence-corrected chi connectivity index (χ2v) is 5.70. The Balaban J connectivity index is 1.93. The Morgan fingerprint density at radius 1 is 1.22 bits per heavy atom. The topological polar surface area (TPSA) is 83.9 Å². The van der Waals surface area contributed by atoms with Crippen LogP contribution in [0.1, 0.15) is 43.0 Å². The number of Topliss-reactive ketones (excluding diaryl/α,β-unsaturated/α-hetero) is 1. The Kier molecular flexibility index (Phi) is 5.36. The number of ether oxygens (including phenoxy) is 1. The van der Waals surface area contributed by atoms with Crippen molar-refractivity contribution in [1.29, 1.82) is 0 Å². The van der Waals surface area contributed by atoms with Crippen molar-refractivity contribution in [3.8, 4) is 5.75 Å². The Bertz CT molecular complexity index is 592. The summed E-state index contributed by atoms with van der Waals surface area (Å²) in [6.45, 7) is 1.50. The third-order valence-electron chi connectivity index (χ3n) is 3.98. The summed E-state index contributed by atoms with van der Waals surface area (Å²) in [5, 5.41) is 9.11. The largest absolute Gasteiger partial charge is 0.497 e. The van der Waals surface area contributed by atoms with Crippen molar-refractivity contribution in [2.45, 2.75) is 44.7 Å². The lowest BCUT2D eigenvalue weighted by molar-refractivity contribution is -0.150. The summed E-state index contributed by atoms with van der Waals surface area (Å²) in [7, 11) is 1.55. The highest BCUT2D eigenvalue weighted by Gasteiger charge is 2.38. The van der Waals surface area contributed by atoms with E-state index in [0.29, 0.717) is 11.3 Å². The van der Waals surface area contributed by atoms with E-state index in [1.807, 2.05) is 0 Å². The van der Waals surface area contributed by atoms with Gasteiger partial charge >= 0.3 is 5.97 Å². The number of hydrogen-bond acceptors (Lipinski definition) is 4. The number of aliphatic carboxylic acids is 1.